The summed E-state index contributed by atoms with van der Waals surface area (Å²) in [7, 11) is 0. The van der Waals surface area contributed by atoms with Crippen molar-refractivity contribution >= 4 is 11.9 Å². The number of aryl methyl sites for hydroxylation is 1. The molecule has 3 unspecified atom stereocenters. The van der Waals surface area contributed by atoms with Crippen molar-refractivity contribution < 1.29 is 4.79 Å². The highest BCUT2D eigenvalue weighted by Crippen LogP contribution is 2.69. The van der Waals surface area contributed by atoms with Crippen LogP contribution in [-0.2, 0) is 4.79 Å². The Morgan fingerprint density at radius 2 is 1.73 bits per heavy atom. The van der Waals surface area contributed by atoms with Crippen LogP contribution in [0, 0.1) is 35.5 Å². The van der Waals surface area contributed by atoms with Crippen molar-refractivity contribution in [2.75, 3.05) is 0 Å². The van der Waals surface area contributed by atoms with Crippen molar-refractivity contribution in [1.29, 1.82) is 0 Å². The minimum absolute atomic E-state index is 0.0650. The molecule has 2 bridgehead atoms. The van der Waals surface area contributed by atoms with Crippen molar-refractivity contribution in [3.63, 3.8) is 0 Å². The summed E-state index contributed by atoms with van der Waals surface area (Å²) in [5.74, 6) is 1.88. The number of allylic oxidation sites excluding steroid dienone is 1. The van der Waals surface area contributed by atoms with Gasteiger partial charge in [0.2, 0.25) is 0 Å². The molecule has 118 valence electrons. The van der Waals surface area contributed by atoms with Gasteiger partial charge in [0.05, 0.1) is 0 Å². The first-order chi connectivity index (χ1) is 10.2. The summed E-state index contributed by atoms with van der Waals surface area (Å²) in [6.45, 7) is 13.4. The minimum atomic E-state index is -0.206. The van der Waals surface area contributed by atoms with Gasteiger partial charge < -0.3 is 0 Å². The SMILES string of the molecule is Cc1ccc(C=C2C(=O)C3(C)C(C(C)C)CC2C3(C)C)cc1. The van der Waals surface area contributed by atoms with Gasteiger partial charge in [-0.25, -0.2) is 0 Å². The Bertz CT molecular complexity index is 632. The Labute approximate surface area is 134 Å². The van der Waals surface area contributed by atoms with Gasteiger partial charge >= 0.3 is 0 Å². The van der Waals surface area contributed by atoms with Crippen LogP contribution in [0.25, 0.3) is 6.08 Å². The summed E-state index contributed by atoms with van der Waals surface area (Å²) in [5, 5.41) is 0. The zero-order valence-corrected chi connectivity index (χ0v) is 14.7. The Morgan fingerprint density at radius 3 is 2.23 bits per heavy atom. The van der Waals surface area contributed by atoms with Crippen LogP contribution in [-0.4, -0.2) is 5.78 Å². The monoisotopic (exact) mass is 296 g/mol. The van der Waals surface area contributed by atoms with Gasteiger partial charge in [-0.2, -0.15) is 0 Å². The zero-order valence-electron chi connectivity index (χ0n) is 14.7. The lowest BCUT2D eigenvalue weighted by Gasteiger charge is -2.39. The van der Waals surface area contributed by atoms with E-state index in [0.717, 1.165) is 17.6 Å². The Hall–Kier alpha value is -1.37. The average Bonchev–Trinajstić information content (AvgIpc) is 2.73. The van der Waals surface area contributed by atoms with Crippen LogP contribution in [0.1, 0.15) is 52.2 Å². The lowest BCUT2D eigenvalue weighted by molar-refractivity contribution is -0.129. The van der Waals surface area contributed by atoms with E-state index in [-0.39, 0.29) is 10.8 Å². The molecule has 2 aliphatic carbocycles. The van der Waals surface area contributed by atoms with Gasteiger partial charge in [-0.15, -0.1) is 0 Å². The van der Waals surface area contributed by atoms with Crippen LogP contribution >= 0.6 is 0 Å². The smallest absolute Gasteiger partial charge is 0.165 e. The molecule has 1 heteroatoms. The summed E-state index contributed by atoms with van der Waals surface area (Å²) in [5.41, 5.74) is 3.33. The second-order valence-corrected chi connectivity index (χ2v) is 8.40. The van der Waals surface area contributed by atoms with Crippen molar-refractivity contribution in [2.24, 2.45) is 28.6 Å². The largest absolute Gasteiger partial charge is 0.294 e. The molecule has 2 saturated carbocycles. The number of rotatable bonds is 2. The van der Waals surface area contributed by atoms with Crippen LogP contribution in [0.5, 0.6) is 0 Å². The number of carbonyl (C=O) groups excluding carboxylic acids is 1. The summed E-state index contributed by atoms with van der Waals surface area (Å²) >= 11 is 0. The maximum Gasteiger partial charge on any atom is 0.165 e. The van der Waals surface area contributed by atoms with E-state index in [2.05, 4.69) is 71.9 Å². The molecule has 3 atom stereocenters. The first-order valence-electron chi connectivity index (χ1n) is 8.52. The molecular formula is C21H28O. The maximum atomic E-state index is 13.2. The molecule has 0 spiro atoms. The van der Waals surface area contributed by atoms with Gasteiger partial charge in [0.1, 0.15) is 0 Å². The third-order valence-electron chi connectivity index (χ3n) is 6.75. The molecule has 22 heavy (non-hydrogen) atoms. The zero-order chi connectivity index (χ0) is 16.3. The predicted octanol–water partition coefficient (Wildman–Crippen LogP) is 5.29. The quantitative estimate of drug-likeness (QED) is 0.678. The molecule has 1 nitrogen and oxygen atoms in total. The summed E-state index contributed by atoms with van der Waals surface area (Å²) in [4.78, 5) is 13.2. The lowest BCUT2D eigenvalue weighted by Crippen LogP contribution is -2.40. The molecule has 1 aromatic carbocycles. The van der Waals surface area contributed by atoms with Crippen molar-refractivity contribution in [2.45, 2.75) is 48.0 Å². The molecule has 0 aromatic heterocycles. The molecule has 2 aliphatic rings. The first kappa shape index (κ1) is 15.5. The lowest BCUT2D eigenvalue weighted by atomic mass is 9.63. The fourth-order valence-corrected chi connectivity index (χ4v) is 5.01. The van der Waals surface area contributed by atoms with Crippen molar-refractivity contribution in [1.82, 2.24) is 0 Å². The normalized spacial score (nSPS) is 34.9. The number of fused-ring (bicyclic) bond motifs is 2. The Balaban J connectivity index is 2.05. The number of Topliss-reactive ketones (excluding diaryl/α,β-unsaturated/α-hetero) is 1. The molecule has 0 saturated heterocycles. The minimum Gasteiger partial charge on any atom is -0.294 e. The molecule has 0 amide bonds. The molecule has 2 fully saturated rings. The molecule has 0 N–H and O–H groups in total. The van der Waals surface area contributed by atoms with Gasteiger partial charge in [-0.1, -0.05) is 64.4 Å². The highest BCUT2D eigenvalue weighted by molar-refractivity contribution is 6.08. The summed E-state index contributed by atoms with van der Waals surface area (Å²) in [6, 6.07) is 8.48. The van der Waals surface area contributed by atoms with E-state index < -0.39 is 0 Å². The van der Waals surface area contributed by atoms with Gasteiger partial charge in [0.25, 0.3) is 0 Å². The van der Waals surface area contributed by atoms with E-state index >= 15 is 0 Å². The average molecular weight is 296 g/mol. The van der Waals surface area contributed by atoms with E-state index in [9.17, 15) is 4.79 Å². The van der Waals surface area contributed by atoms with E-state index in [1.807, 2.05) is 0 Å². The fraction of sp³-hybridized carbons (Fsp3) is 0.571. The maximum absolute atomic E-state index is 13.2. The van der Waals surface area contributed by atoms with Gasteiger partial charge in [-0.3, -0.25) is 4.79 Å². The highest BCUT2D eigenvalue weighted by Gasteiger charge is 2.68. The fourth-order valence-electron chi connectivity index (χ4n) is 5.01. The van der Waals surface area contributed by atoms with E-state index in [1.54, 1.807) is 0 Å². The topological polar surface area (TPSA) is 17.1 Å². The second-order valence-electron chi connectivity index (χ2n) is 8.40. The molecule has 0 aliphatic heterocycles. The molecule has 3 rings (SSSR count). The van der Waals surface area contributed by atoms with E-state index in [4.69, 9.17) is 0 Å². The van der Waals surface area contributed by atoms with Crippen LogP contribution in [0.4, 0.5) is 0 Å². The molecular weight excluding hydrogens is 268 g/mol. The number of ketones is 1. The third kappa shape index (κ3) is 1.87. The van der Waals surface area contributed by atoms with E-state index in [0.29, 0.717) is 23.5 Å². The number of hydrogen-bond donors (Lipinski definition) is 0. The number of carbonyl (C=O) groups is 1. The van der Waals surface area contributed by atoms with Crippen molar-refractivity contribution in [3.8, 4) is 0 Å². The van der Waals surface area contributed by atoms with Crippen LogP contribution in [0.3, 0.4) is 0 Å². The third-order valence-corrected chi connectivity index (χ3v) is 6.75. The first-order valence-corrected chi connectivity index (χ1v) is 8.52. The number of hydrogen-bond acceptors (Lipinski definition) is 1. The highest BCUT2D eigenvalue weighted by atomic mass is 16.1. The summed E-state index contributed by atoms with van der Waals surface area (Å²) < 4.78 is 0. The van der Waals surface area contributed by atoms with Gasteiger partial charge in [0.15, 0.2) is 5.78 Å². The molecule has 0 radical (unpaired) electrons. The van der Waals surface area contributed by atoms with Crippen LogP contribution in [0.15, 0.2) is 29.8 Å². The molecule has 1 aromatic rings. The van der Waals surface area contributed by atoms with Crippen molar-refractivity contribution in [3.05, 3.63) is 41.0 Å². The van der Waals surface area contributed by atoms with Gasteiger partial charge in [0, 0.05) is 5.41 Å². The summed E-state index contributed by atoms with van der Waals surface area (Å²) in [6.07, 6.45) is 3.31. The van der Waals surface area contributed by atoms with Gasteiger partial charge in [-0.05, 0) is 53.7 Å². The number of benzene rings is 1. The Morgan fingerprint density at radius 1 is 1.14 bits per heavy atom. The second kappa shape index (κ2) is 4.81. The Kier molecular flexibility index (Phi) is 3.39. The van der Waals surface area contributed by atoms with Crippen LogP contribution < -0.4 is 0 Å². The van der Waals surface area contributed by atoms with Crippen LogP contribution in [0.2, 0.25) is 0 Å². The molecule has 0 heterocycles. The standard InChI is InChI=1S/C21H28O/c1-13(2)17-12-18-16(11-15-9-7-14(3)8-10-15)19(22)21(17,6)20(18,4)5/h7-11,13,17-18H,12H2,1-6H3. The van der Waals surface area contributed by atoms with E-state index in [1.165, 1.54) is 5.56 Å². The predicted molar refractivity (Wildman–Crippen MR) is 92.5 cm³/mol.